The fourth-order valence-electron chi connectivity index (χ4n) is 5.95. The molecule has 0 aliphatic rings. The van der Waals surface area contributed by atoms with Gasteiger partial charge in [-0.2, -0.15) is 0 Å². The van der Waals surface area contributed by atoms with Crippen molar-refractivity contribution in [3.63, 3.8) is 0 Å². The molecule has 9 heteroatoms. The maximum absolute atomic E-state index is 12.7. The first-order chi connectivity index (χ1) is 25.8. The van der Waals surface area contributed by atoms with Crippen LogP contribution in [0.3, 0.4) is 0 Å². The van der Waals surface area contributed by atoms with E-state index in [4.69, 9.17) is 18.9 Å². The van der Waals surface area contributed by atoms with Gasteiger partial charge >= 0.3 is 5.97 Å². The lowest BCUT2D eigenvalue weighted by atomic mass is 10.0. The number of nitro groups is 1. The molecule has 0 aliphatic heterocycles. The topological polar surface area (TPSA) is 114 Å². The number of methoxy groups -OCH3 is 2. The van der Waals surface area contributed by atoms with Crippen molar-refractivity contribution in [2.75, 3.05) is 20.8 Å². The predicted molar refractivity (Wildman–Crippen MR) is 212 cm³/mol. The van der Waals surface area contributed by atoms with Crippen LogP contribution in [-0.4, -0.2) is 37.5 Å². The number of carbonyl (C=O) groups excluding carboxylic acids is 2. The fourth-order valence-corrected chi connectivity index (χ4v) is 5.95. The van der Waals surface area contributed by atoms with Crippen LogP contribution in [0.4, 0.5) is 5.69 Å². The molecular weight excluding hydrogens is 670 g/mol. The number of hydrogen-bond donors (Lipinski definition) is 0. The Balaban J connectivity index is 1.30. The minimum absolute atomic E-state index is 0.186. The zero-order valence-corrected chi connectivity index (χ0v) is 31.8. The molecule has 0 amide bonds. The van der Waals surface area contributed by atoms with Crippen LogP contribution in [0.25, 0.3) is 12.2 Å². The Morgan fingerprint density at radius 3 is 1.68 bits per heavy atom. The molecule has 3 aromatic carbocycles. The number of unbranched alkanes of at least 4 members (excludes halogenated alkanes) is 15. The van der Waals surface area contributed by atoms with Gasteiger partial charge in [0.1, 0.15) is 11.5 Å². The minimum atomic E-state index is -0.562. The fraction of sp³-hybridized carbons (Fsp3) is 0.455. The number of benzene rings is 3. The molecule has 0 aromatic heterocycles. The van der Waals surface area contributed by atoms with Crippen LogP contribution in [0.2, 0.25) is 0 Å². The summed E-state index contributed by atoms with van der Waals surface area (Å²) in [7, 11) is 2.80. The quantitative estimate of drug-likeness (QED) is 0.0145. The van der Waals surface area contributed by atoms with Gasteiger partial charge in [-0.3, -0.25) is 14.9 Å². The van der Waals surface area contributed by atoms with Gasteiger partial charge in [-0.15, -0.1) is 0 Å². The molecule has 0 radical (unpaired) electrons. The van der Waals surface area contributed by atoms with Gasteiger partial charge in [0.2, 0.25) is 0 Å². The highest BCUT2D eigenvalue weighted by Gasteiger charge is 2.18. The van der Waals surface area contributed by atoms with Gasteiger partial charge in [0.05, 0.1) is 37.4 Å². The van der Waals surface area contributed by atoms with Crippen molar-refractivity contribution in [2.24, 2.45) is 0 Å². The van der Waals surface area contributed by atoms with Crippen LogP contribution in [-0.2, 0) is 4.79 Å². The van der Waals surface area contributed by atoms with Crippen molar-refractivity contribution >= 4 is 29.6 Å². The average molecular weight is 728 g/mol. The normalized spacial score (nSPS) is 11.2. The highest BCUT2D eigenvalue weighted by Crippen LogP contribution is 2.35. The average Bonchev–Trinajstić information content (AvgIpc) is 3.17. The summed E-state index contributed by atoms with van der Waals surface area (Å²) in [5.74, 6) is 0.636. The number of carbonyl (C=O) groups is 2. The number of ether oxygens (including phenoxy) is 4. The maximum Gasteiger partial charge on any atom is 0.336 e. The van der Waals surface area contributed by atoms with Gasteiger partial charge in [-0.05, 0) is 72.7 Å². The number of rotatable bonds is 27. The van der Waals surface area contributed by atoms with E-state index in [1.807, 2.05) is 24.3 Å². The molecule has 9 nitrogen and oxygen atoms in total. The second-order valence-corrected chi connectivity index (χ2v) is 13.2. The summed E-state index contributed by atoms with van der Waals surface area (Å²) < 4.78 is 21.6. The molecule has 0 N–H and O–H groups in total. The maximum atomic E-state index is 12.7. The van der Waals surface area contributed by atoms with E-state index in [-0.39, 0.29) is 28.5 Å². The Bertz CT molecular complexity index is 1590. The van der Waals surface area contributed by atoms with Crippen molar-refractivity contribution in [1.82, 2.24) is 0 Å². The molecule has 0 spiro atoms. The second-order valence-electron chi connectivity index (χ2n) is 13.2. The summed E-state index contributed by atoms with van der Waals surface area (Å²) in [6.07, 6.45) is 27.1. The molecular formula is C44H57NO8. The van der Waals surface area contributed by atoms with Gasteiger partial charge in [0.15, 0.2) is 17.3 Å². The lowest BCUT2D eigenvalue weighted by Gasteiger charge is -2.08. The number of allylic oxidation sites excluding steroid dienone is 1. The predicted octanol–water partition coefficient (Wildman–Crippen LogP) is 11.8. The zero-order chi connectivity index (χ0) is 38.1. The van der Waals surface area contributed by atoms with Crippen LogP contribution in [0.15, 0.2) is 72.8 Å². The Morgan fingerprint density at radius 2 is 1.15 bits per heavy atom. The molecule has 0 saturated heterocycles. The van der Waals surface area contributed by atoms with Crippen molar-refractivity contribution in [1.29, 1.82) is 0 Å². The van der Waals surface area contributed by atoms with E-state index < -0.39 is 10.9 Å². The van der Waals surface area contributed by atoms with Crippen LogP contribution in [0.5, 0.6) is 23.0 Å². The Kier molecular flexibility index (Phi) is 20.1. The lowest BCUT2D eigenvalue weighted by Crippen LogP contribution is -2.04. The minimum Gasteiger partial charge on any atom is -0.494 e. The Morgan fingerprint density at radius 1 is 0.642 bits per heavy atom. The van der Waals surface area contributed by atoms with E-state index in [0.717, 1.165) is 17.7 Å². The largest absolute Gasteiger partial charge is 0.494 e. The van der Waals surface area contributed by atoms with Crippen LogP contribution >= 0.6 is 0 Å². The summed E-state index contributed by atoms with van der Waals surface area (Å²) in [5.41, 5.74) is 1.11. The molecule has 0 unspecified atom stereocenters. The third kappa shape index (κ3) is 16.5. The molecule has 0 atom stereocenters. The van der Waals surface area contributed by atoms with Crippen LogP contribution < -0.4 is 18.9 Å². The first kappa shape index (κ1) is 42.5. The number of esters is 1. The molecule has 3 aromatic rings. The molecule has 3 rings (SSSR count). The van der Waals surface area contributed by atoms with Crippen molar-refractivity contribution in [3.05, 3.63) is 99.6 Å². The third-order valence-corrected chi connectivity index (χ3v) is 9.06. The molecule has 53 heavy (non-hydrogen) atoms. The SMILES string of the molecule is CCCCCCCCCCCCCCCCCCOc1ccc(/C=C/C(=O)Oc2ccc(C(=O)/C=C/c3cc(OC)c(OC)cc3[N+](=O)[O-])cc2)cc1. The molecule has 0 heterocycles. The monoisotopic (exact) mass is 727 g/mol. The smallest absolute Gasteiger partial charge is 0.336 e. The Labute approximate surface area is 315 Å². The number of nitrogens with zero attached hydrogens (tertiary/aromatic N) is 1. The summed E-state index contributed by atoms with van der Waals surface area (Å²) in [4.78, 5) is 36.1. The summed E-state index contributed by atoms with van der Waals surface area (Å²) in [6.45, 7) is 2.97. The summed E-state index contributed by atoms with van der Waals surface area (Å²) in [5, 5.41) is 11.5. The van der Waals surface area contributed by atoms with Crippen LogP contribution in [0.1, 0.15) is 131 Å². The van der Waals surface area contributed by atoms with E-state index in [9.17, 15) is 19.7 Å². The van der Waals surface area contributed by atoms with E-state index in [2.05, 4.69) is 6.92 Å². The first-order valence-corrected chi connectivity index (χ1v) is 19.2. The van der Waals surface area contributed by atoms with E-state index >= 15 is 0 Å². The van der Waals surface area contributed by atoms with Gasteiger partial charge < -0.3 is 18.9 Å². The molecule has 0 bridgehead atoms. The molecule has 0 saturated carbocycles. The number of ketones is 1. The van der Waals surface area contributed by atoms with Crippen molar-refractivity contribution in [3.8, 4) is 23.0 Å². The van der Waals surface area contributed by atoms with Gasteiger partial charge in [-0.1, -0.05) is 115 Å². The van der Waals surface area contributed by atoms with E-state index in [0.29, 0.717) is 17.9 Å². The van der Waals surface area contributed by atoms with E-state index in [1.54, 1.807) is 6.08 Å². The first-order valence-electron chi connectivity index (χ1n) is 19.2. The second kappa shape index (κ2) is 25.1. The highest BCUT2D eigenvalue weighted by atomic mass is 16.6. The summed E-state index contributed by atoms with van der Waals surface area (Å²) in [6, 6.07) is 16.3. The Hall–Kier alpha value is -4.92. The van der Waals surface area contributed by atoms with Gasteiger partial charge in [-0.25, -0.2) is 4.79 Å². The number of nitro benzene ring substituents is 1. The van der Waals surface area contributed by atoms with Gasteiger partial charge in [0, 0.05) is 11.6 Å². The standard InChI is InChI=1S/C44H57NO8/c1-4-5-6-7-8-9-10-11-12-13-14-15-16-17-18-19-32-52-38-26-20-35(21-27-38)22-31-44(47)53-39-28-23-36(24-29-39)41(46)30-25-37-33-42(50-2)43(51-3)34-40(37)45(48)49/h20-31,33-34H,4-19,32H2,1-3H3/b30-25+,31-22+. The van der Waals surface area contributed by atoms with Crippen LogP contribution in [0, 0.1) is 10.1 Å². The van der Waals surface area contributed by atoms with E-state index in [1.165, 1.54) is 165 Å². The molecule has 286 valence electrons. The lowest BCUT2D eigenvalue weighted by molar-refractivity contribution is -0.385. The highest BCUT2D eigenvalue weighted by molar-refractivity contribution is 6.07. The van der Waals surface area contributed by atoms with Gasteiger partial charge in [0.25, 0.3) is 5.69 Å². The third-order valence-electron chi connectivity index (χ3n) is 9.06. The van der Waals surface area contributed by atoms with Crippen molar-refractivity contribution < 1.29 is 33.5 Å². The number of hydrogen-bond acceptors (Lipinski definition) is 8. The summed E-state index contributed by atoms with van der Waals surface area (Å²) >= 11 is 0. The molecule has 0 aliphatic carbocycles. The molecule has 0 fully saturated rings. The van der Waals surface area contributed by atoms with Crippen molar-refractivity contribution in [2.45, 2.75) is 110 Å². The zero-order valence-electron chi connectivity index (χ0n) is 31.8.